The van der Waals surface area contributed by atoms with Gasteiger partial charge < -0.3 is 10.4 Å². The fraction of sp³-hybridized carbons (Fsp3) is 0.533. The Bertz CT molecular complexity index is 409. The quantitative estimate of drug-likeness (QED) is 0.858. The number of amides is 1. The molecule has 0 spiro atoms. The van der Waals surface area contributed by atoms with Gasteiger partial charge in [-0.25, -0.2) is 0 Å². The highest BCUT2D eigenvalue weighted by atomic mass is 16.3. The van der Waals surface area contributed by atoms with Gasteiger partial charge in [0, 0.05) is 25.8 Å². The first kappa shape index (κ1) is 14.0. The number of carbonyl (C=O) groups excluding carboxylic acids is 1. The third-order valence-corrected chi connectivity index (χ3v) is 3.81. The lowest BCUT2D eigenvalue weighted by Gasteiger charge is -2.31. The van der Waals surface area contributed by atoms with E-state index < -0.39 is 0 Å². The molecule has 0 saturated carbocycles. The largest absolute Gasteiger partial charge is 0.396 e. The first-order valence-electron chi connectivity index (χ1n) is 6.87. The molecule has 0 bridgehead atoms. The number of aliphatic hydroxyl groups is 1. The van der Waals surface area contributed by atoms with Crippen molar-refractivity contribution in [2.75, 3.05) is 26.7 Å². The van der Waals surface area contributed by atoms with E-state index in [0.29, 0.717) is 18.1 Å². The Morgan fingerprint density at radius 2 is 1.95 bits per heavy atom. The fourth-order valence-electron chi connectivity index (χ4n) is 2.49. The second-order valence-electron chi connectivity index (χ2n) is 5.18. The van der Waals surface area contributed by atoms with E-state index in [4.69, 9.17) is 5.11 Å². The molecule has 19 heavy (non-hydrogen) atoms. The Morgan fingerprint density at radius 3 is 2.47 bits per heavy atom. The summed E-state index contributed by atoms with van der Waals surface area (Å²) in [6.45, 7) is 3.33. The molecule has 0 atom stereocenters. The molecular weight excluding hydrogens is 240 g/mol. The minimum Gasteiger partial charge on any atom is -0.396 e. The summed E-state index contributed by atoms with van der Waals surface area (Å²) < 4.78 is 0. The highest BCUT2D eigenvalue weighted by Crippen LogP contribution is 2.18. The van der Waals surface area contributed by atoms with Gasteiger partial charge in [-0.05, 0) is 49.5 Å². The predicted octanol–water partition coefficient (Wildman–Crippen LogP) is 1.25. The summed E-state index contributed by atoms with van der Waals surface area (Å²) in [7, 11) is 1.64. The smallest absolute Gasteiger partial charge is 0.251 e. The van der Waals surface area contributed by atoms with E-state index in [1.54, 1.807) is 7.05 Å². The Hall–Kier alpha value is -1.39. The lowest BCUT2D eigenvalue weighted by Crippen LogP contribution is -2.34. The number of nitrogens with one attached hydrogen (secondary N) is 1. The molecule has 0 aromatic heterocycles. The molecule has 1 aromatic rings. The van der Waals surface area contributed by atoms with Crippen LogP contribution in [0.5, 0.6) is 0 Å². The van der Waals surface area contributed by atoms with Gasteiger partial charge in [0.15, 0.2) is 0 Å². The number of nitrogens with zero attached hydrogens (tertiary/aromatic N) is 1. The van der Waals surface area contributed by atoms with Crippen molar-refractivity contribution < 1.29 is 9.90 Å². The van der Waals surface area contributed by atoms with Gasteiger partial charge in [0.1, 0.15) is 0 Å². The van der Waals surface area contributed by atoms with Gasteiger partial charge >= 0.3 is 0 Å². The van der Waals surface area contributed by atoms with Crippen LogP contribution < -0.4 is 5.32 Å². The van der Waals surface area contributed by atoms with E-state index in [1.165, 1.54) is 5.56 Å². The molecule has 1 aromatic carbocycles. The third kappa shape index (κ3) is 3.78. The standard InChI is InChI=1S/C15H22N2O2/c1-16-15(19)14-4-2-12(3-5-14)10-17-8-6-13(11-18)7-9-17/h2-5,13,18H,6-11H2,1H3,(H,16,19). The van der Waals surface area contributed by atoms with Gasteiger partial charge in [0.2, 0.25) is 0 Å². The molecule has 104 valence electrons. The number of likely N-dealkylation sites (tertiary alicyclic amines) is 1. The summed E-state index contributed by atoms with van der Waals surface area (Å²) >= 11 is 0. The number of hydrogen-bond acceptors (Lipinski definition) is 3. The van der Waals surface area contributed by atoms with E-state index in [2.05, 4.69) is 10.2 Å². The molecule has 1 heterocycles. The van der Waals surface area contributed by atoms with Gasteiger partial charge in [0.25, 0.3) is 5.91 Å². The molecule has 2 N–H and O–H groups in total. The zero-order valence-corrected chi connectivity index (χ0v) is 11.4. The number of rotatable bonds is 4. The van der Waals surface area contributed by atoms with Crippen LogP contribution in [-0.2, 0) is 6.54 Å². The van der Waals surface area contributed by atoms with Crippen LogP contribution in [0, 0.1) is 5.92 Å². The average molecular weight is 262 g/mol. The van der Waals surface area contributed by atoms with Crippen molar-refractivity contribution in [2.24, 2.45) is 5.92 Å². The van der Waals surface area contributed by atoms with Crippen molar-refractivity contribution in [2.45, 2.75) is 19.4 Å². The molecule has 1 aliphatic heterocycles. The van der Waals surface area contributed by atoms with E-state index in [1.807, 2.05) is 24.3 Å². The van der Waals surface area contributed by atoms with Crippen LogP contribution in [0.1, 0.15) is 28.8 Å². The van der Waals surface area contributed by atoms with Crippen molar-refractivity contribution in [3.05, 3.63) is 35.4 Å². The Morgan fingerprint density at radius 1 is 1.32 bits per heavy atom. The van der Waals surface area contributed by atoms with Crippen LogP contribution in [0.2, 0.25) is 0 Å². The average Bonchev–Trinajstić information content (AvgIpc) is 2.48. The highest BCUT2D eigenvalue weighted by molar-refractivity contribution is 5.93. The lowest BCUT2D eigenvalue weighted by atomic mass is 9.97. The molecule has 0 radical (unpaired) electrons. The SMILES string of the molecule is CNC(=O)c1ccc(CN2CCC(CO)CC2)cc1. The monoisotopic (exact) mass is 262 g/mol. The van der Waals surface area contributed by atoms with Gasteiger partial charge in [-0.1, -0.05) is 12.1 Å². The van der Waals surface area contributed by atoms with Crippen molar-refractivity contribution in [3.63, 3.8) is 0 Å². The predicted molar refractivity (Wildman–Crippen MR) is 74.9 cm³/mol. The Balaban J connectivity index is 1.88. The number of piperidine rings is 1. The Kier molecular flexibility index (Phi) is 4.93. The van der Waals surface area contributed by atoms with Crippen LogP contribution in [0.15, 0.2) is 24.3 Å². The second kappa shape index (κ2) is 6.68. The molecule has 1 fully saturated rings. The zero-order valence-electron chi connectivity index (χ0n) is 11.4. The molecule has 0 unspecified atom stereocenters. The third-order valence-electron chi connectivity index (χ3n) is 3.81. The summed E-state index contributed by atoms with van der Waals surface area (Å²) in [4.78, 5) is 13.8. The van der Waals surface area contributed by atoms with Gasteiger partial charge in [0.05, 0.1) is 0 Å². The second-order valence-corrected chi connectivity index (χ2v) is 5.18. The van der Waals surface area contributed by atoms with Gasteiger partial charge in [-0.15, -0.1) is 0 Å². The molecule has 1 saturated heterocycles. The van der Waals surface area contributed by atoms with Crippen molar-refractivity contribution in [3.8, 4) is 0 Å². The molecule has 0 aliphatic carbocycles. The first-order valence-corrected chi connectivity index (χ1v) is 6.87. The van der Waals surface area contributed by atoms with Crippen LogP contribution in [0.3, 0.4) is 0 Å². The number of aliphatic hydroxyl groups excluding tert-OH is 1. The molecule has 1 aliphatic rings. The van der Waals surface area contributed by atoms with E-state index in [-0.39, 0.29) is 5.91 Å². The van der Waals surface area contributed by atoms with E-state index in [9.17, 15) is 4.79 Å². The summed E-state index contributed by atoms with van der Waals surface area (Å²) in [5.41, 5.74) is 1.93. The minimum atomic E-state index is -0.0460. The zero-order chi connectivity index (χ0) is 13.7. The van der Waals surface area contributed by atoms with E-state index >= 15 is 0 Å². The molecule has 4 nitrogen and oxygen atoms in total. The van der Waals surface area contributed by atoms with Crippen LogP contribution in [-0.4, -0.2) is 42.7 Å². The van der Waals surface area contributed by atoms with Gasteiger partial charge in [-0.3, -0.25) is 9.69 Å². The summed E-state index contributed by atoms with van der Waals surface area (Å²) in [6, 6.07) is 7.77. The van der Waals surface area contributed by atoms with Crippen molar-refractivity contribution >= 4 is 5.91 Å². The highest BCUT2D eigenvalue weighted by Gasteiger charge is 2.18. The molecule has 2 rings (SSSR count). The summed E-state index contributed by atoms with van der Waals surface area (Å²) in [6.07, 6.45) is 2.15. The molecular formula is C15H22N2O2. The van der Waals surface area contributed by atoms with Crippen molar-refractivity contribution in [1.82, 2.24) is 10.2 Å². The summed E-state index contributed by atoms with van der Waals surface area (Å²) in [5.74, 6) is 0.433. The van der Waals surface area contributed by atoms with Crippen molar-refractivity contribution in [1.29, 1.82) is 0 Å². The van der Waals surface area contributed by atoms with Crippen LogP contribution >= 0.6 is 0 Å². The maximum absolute atomic E-state index is 11.4. The topological polar surface area (TPSA) is 52.6 Å². The first-order chi connectivity index (χ1) is 9.22. The van der Waals surface area contributed by atoms with E-state index in [0.717, 1.165) is 32.5 Å². The number of hydrogen-bond donors (Lipinski definition) is 2. The normalized spacial score (nSPS) is 17.4. The maximum atomic E-state index is 11.4. The number of carbonyl (C=O) groups is 1. The fourth-order valence-corrected chi connectivity index (χ4v) is 2.49. The van der Waals surface area contributed by atoms with Gasteiger partial charge in [-0.2, -0.15) is 0 Å². The Labute approximate surface area is 114 Å². The minimum absolute atomic E-state index is 0.0460. The lowest BCUT2D eigenvalue weighted by molar-refractivity contribution is 0.0963. The van der Waals surface area contributed by atoms with Crippen LogP contribution in [0.4, 0.5) is 0 Å². The number of benzene rings is 1. The molecule has 4 heteroatoms. The summed E-state index contributed by atoms with van der Waals surface area (Å²) in [5, 5.41) is 11.7. The molecule has 1 amide bonds. The maximum Gasteiger partial charge on any atom is 0.251 e. The van der Waals surface area contributed by atoms with Crippen LogP contribution in [0.25, 0.3) is 0 Å².